The van der Waals surface area contributed by atoms with E-state index in [4.69, 9.17) is 9.84 Å². The van der Waals surface area contributed by atoms with Crippen molar-refractivity contribution in [2.45, 2.75) is 19.9 Å². The van der Waals surface area contributed by atoms with Gasteiger partial charge in [0.05, 0.1) is 17.9 Å². The first-order valence-electron chi connectivity index (χ1n) is 7.35. The maximum Gasteiger partial charge on any atom is 0.101 e. The Hall–Kier alpha value is -1.61. The molecule has 0 atom stereocenters. The summed E-state index contributed by atoms with van der Waals surface area (Å²) < 4.78 is 4.99. The third-order valence-electron chi connectivity index (χ3n) is 3.30. The van der Waals surface area contributed by atoms with Crippen LogP contribution in [-0.2, 0) is 11.3 Å². The highest BCUT2D eigenvalue weighted by Crippen LogP contribution is 2.21. The molecule has 21 heavy (non-hydrogen) atoms. The summed E-state index contributed by atoms with van der Waals surface area (Å²) in [7, 11) is 1.68. The Labute approximate surface area is 127 Å². The van der Waals surface area contributed by atoms with E-state index < -0.39 is 0 Å². The van der Waals surface area contributed by atoms with Gasteiger partial charge >= 0.3 is 0 Å². The predicted molar refractivity (Wildman–Crippen MR) is 84.3 cm³/mol. The summed E-state index contributed by atoms with van der Waals surface area (Å²) in [5, 5.41) is 21.6. The maximum absolute atomic E-state index is 9.36. The number of methoxy groups -OCH3 is 1. The van der Waals surface area contributed by atoms with Crippen molar-refractivity contribution in [2.24, 2.45) is 0 Å². The van der Waals surface area contributed by atoms with Gasteiger partial charge in [-0.05, 0) is 31.0 Å². The third-order valence-corrected chi connectivity index (χ3v) is 3.30. The molecule has 1 aromatic carbocycles. The molecule has 1 aromatic rings. The molecule has 0 saturated carbocycles. The van der Waals surface area contributed by atoms with E-state index in [9.17, 15) is 5.26 Å². The molecule has 0 aromatic heterocycles. The van der Waals surface area contributed by atoms with Gasteiger partial charge in [0.1, 0.15) is 6.07 Å². The van der Waals surface area contributed by atoms with Crippen molar-refractivity contribution in [2.75, 3.05) is 44.9 Å². The van der Waals surface area contributed by atoms with Gasteiger partial charge in [-0.3, -0.25) is 0 Å². The SMILES string of the molecule is CCN(CCCO)c1ccc(CNCCOC)cc1C#N. The van der Waals surface area contributed by atoms with Gasteiger partial charge in [-0.15, -0.1) is 0 Å². The summed E-state index contributed by atoms with van der Waals surface area (Å²) in [6.45, 7) is 5.98. The van der Waals surface area contributed by atoms with E-state index >= 15 is 0 Å². The minimum atomic E-state index is 0.167. The monoisotopic (exact) mass is 291 g/mol. The standard InChI is InChI=1S/C16H25N3O2/c1-3-19(8-4-9-20)16-6-5-14(11-15(16)12-17)13-18-7-10-21-2/h5-6,11,18,20H,3-4,7-10,13H2,1-2H3. The van der Waals surface area contributed by atoms with Crippen LogP contribution in [0.3, 0.4) is 0 Å². The van der Waals surface area contributed by atoms with E-state index in [-0.39, 0.29) is 6.61 Å². The second-order valence-electron chi connectivity index (χ2n) is 4.79. The van der Waals surface area contributed by atoms with Crippen molar-refractivity contribution < 1.29 is 9.84 Å². The Bertz CT molecular complexity index is 457. The topological polar surface area (TPSA) is 68.5 Å². The van der Waals surface area contributed by atoms with Gasteiger partial charge in [0, 0.05) is 39.9 Å². The van der Waals surface area contributed by atoms with E-state index in [1.54, 1.807) is 7.11 Å². The molecule has 0 saturated heterocycles. The Balaban J connectivity index is 2.75. The van der Waals surface area contributed by atoms with Crippen LogP contribution in [0.15, 0.2) is 18.2 Å². The number of nitrogens with zero attached hydrogens (tertiary/aromatic N) is 2. The summed E-state index contributed by atoms with van der Waals surface area (Å²) in [4.78, 5) is 2.12. The quantitative estimate of drug-likeness (QED) is 0.639. The number of benzene rings is 1. The van der Waals surface area contributed by atoms with Gasteiger partial charge in [0.2, 0.25) is 0 Å². The number of anilines is 1. The van der Waals surface area contributed by atoms with Crippen LogP contribution in [0.4, 0.5) is 5.69 Å². The number of aliphatic hydroxyl groups is 1. The van der Waals surface area contributed by atoms with Crippen LogP contribution < -0.4 is 10.2 Å². The number of nitrogens with one attached hydrogen (secondary N) is 1. The van der Waals surface area contributed by atoms with Crippen molar-refractivity contribution in [3.63, 3.8) is 0 Å². The Kier molecular flexibility index (Phi) is 8.44. The third kappa shape index (κ3) is 5.72. The van der Waals surface area contributed by atoms with Crippen molar-refractivity contribution in [3.05, 3.63) is 29.3 Å². The lowest BCUT2D eigenvalue weighted by atomic mass is 10.1. The highest BCUT2D eigenvalue weighted by atomic mass is 16.5. The second kappa shape index (κ2) is 10.2. The molecule has 0 aliphatic heterocycles. The van der Waals surface area contributed by atoms with Crippen molar-refractivity contribution >= 4 is 5.69 Å². The van der Waals surface area contributed by atoms with Crippen molar-refractivity contribution in [1.82, 2.24) is 5.32 Å². The highest BCUT2D eigenvalue weighted by molar-refractivity contribution is 5.60. The van der Waals surface area contributed by atoms with Gasteiger partial charge < -0.3 is 20.1 Å². The fourth-order valence-electron chi connectivity index (χ4n) is 2.18. The van der Waals surface area contributed by atoms with E-state index in [0.29, 0.717) is 18.6 Å². The van der Waals surface area contributed by atoms with Gasteiger partial charge in [0.15, 0.2) is 0 Å². The predicted octanol–water partition coefficient (Wildman–Crippen LogP) is 1.50. The lowest BCUT2D eigenvalue weighted by Crippen LogP contribution is -2.25. The average Bonchev–Trinajstić information content (AvgIpc) is 2.53. The zero-order chi connectivity index (χ0) is 15.5. The summed E-state index contributed by atoms with van der Waals surface area (Å²) in [5.41, 5.74) is 2.71. The highest BCUT2D eigenvalue weighted by Gasteiger charge is 2.10. The van der Waals surface area contributed by atoms with Gasteiger partial charge in [-0.25, -0.2) is 0 Å². The van der Waals surface area contributed by atoms with Crippen molar-refractivity contribution in [1.29, 1.82) is 5.26 Å². The zero-order valence-electron chi connectivity index (χ0n) is 12.9. The largest absolute Gasteiger partial charge is 0.396 e. The second-order valence-corrected chi connectivity index (χ2v) is 4.79. The summed E-state index contributed by atoms with van der Waals surface area (Å²) in [5.74, 6) is 0. The molecule has 0 bridgehead atoms. The number of ether oxygens (including phenoxy) is 1. The summed E-state index contributed by atoms with van der Waals surface area (Å²) in [6.07, 6.45) is 0.707. The minimum absolute atomic E-state index is 0.167. The van der Waals surface area contributed by atoms with Crippen LogP contribution in [-0.4, -0.2) is 45.1 Å². The molecular weight excluding hydrogens is 266 g/mol. The molecule has 0 unspecified atom stereocenters. The van der Waals surface area contributed by atoms with Crippen LogP contribution in [0.1, 0.15) is 24.5 Å². The lowest BCUT2D eigenvalue weighted by molar-refractivity contribution is 0.199. The van der Waals surface area contributed by atoms with E-state index in [1.165, 1.54) is 0 Å². The van der Waals surface area contributed by atoms with Gasteiger partial charge in [-0.2, -0.15) is 5.26 Å². The average molecular weight is 291 g/mol. The van der Waals surface area contributed by atoms with Crippen LogP contribution in [0, 0.1) is 11.3 Å². The number of rotatable bonds is 10. The molecule has 0 heterocycles. The number of hydrogen-bond acceptors (Lipinski definition) is 5. The zero-order valence-corrected chi connectivity index (χ0v) is 12.9. The molecule has 0 aliphatic rings. The van der Waals surface area contributed by atoms with E-state index in [1.807, 2.05) is 18.2 Å². The Morgan fingerprint density at radius 3 is 2.86 bits per heavy atom. The van der Waals surface area contributed by atoms with Crippen LogP contribution >= 0.6 is 0 Å². The maximum atomic E-state index is 9.36. The first-order valence-corrected chi connectivity index (χ1v) is 7.35. The Morgan fingerprint density at radius 2 is 2.24 bits per heavy atom. The molecule has 0 aliphatic carbocycles. The van der Waals surface area contributed by atoms with E-state index in [0.717, 1.165) is 37.4 Å². The summed E-state index contributed by atoms with van der Waals surface area (Å²) in [6, 6.07) is 8.23. The summed E-state index contributed by atoms with van der Waals surface area (Å²) >= 11 is 0. The molecular formula is C16H25N3O2. The molecule has 0 radical (unpaired) electrons. The number of nitriles is 1. The minimum Gasteiger partial charge on any atom is -0.396 e. The van der Waals surface area contributed by atoms with Gasteiger partial charge in [-0.1, -0.05) is 6.07 Å². The Morgan fingerprint density at radius 1 is 1.43 bits per heavy atom. The van der Waals surface area contributed by atoms with Crippen LogP contribution in [0.5, 0.6) is 0 Å². The van der Waals surface area contributed by atoms with Crippen LogP contribution in [0.25, 0.3) is 0 Å². The smallest absolute Gasteiger partial charge is 0.101 e. The molecule has 0 amide bonds. The van der Waals surface area contributed by atoms with Gasteiger partial charge in [0.25, 0.3) is 0 Å². The molecule has 116 valence electrons. The molecule has 1 rings (SSSR count). The first-order chi connectivity index (χ1) is 10.3. The molecule has 0 fully saturated rings. The van der Waals surface area contributed by atoms with E-state index in [2.05, 4.69) is 23.2 Å². The normalized spacial score (nSPS) is 10.4. The number of aliphatic hydroxyl groups excluding tert-OH is 1. The lowest BCUT2D eigenvalue weighted by Gasteiger charge is -2.24. The fourth-order valence-corrected chi connectivity index (χ4v) is 2.18. The molecule has 0 spiro atoms. The molecule has 2 N–H and O–H groups in total. The van der Waals surface area contributed by atoms with Crippen LogP contribution in [0.2, 0.25) is 0 Å². The fraction of sp³-hybridized carbons (Fsp3) is 0.562. The number of hydrogen-bond donors (Lipinski definition) is 2. The first kappa shape index (κ1) is 17.4. The molecule has 5 nitrogen and oxygen atoms in total. The molecule has 5 heteroatoms. The van der Waals surface area contributed by atoms with Crippen molar-refractivity contribution in [3.8, 4) is 6.07 Å².